The maximum absolute atomic E-state index is 5.80. The van der Waals surface area contributed by atoms with Gasteiger partial charge < -0.3 is 10.1 Å². The SMILES string of the molecule is CC(NCCOc1c(Br)cc(Br)cc1Br)C1CC1. The monoisotopic (exact) mass is 439 g/mol. The van der Waals surface area contributed by atoms with Crippen LogP contribution in [0.2, 0.25) is 0 Å². The van der Waals surface area contributed by atoms with Gasteiger partial charge in [-0.1, -0.05) is 15.9 Å². The van der Waals surface area contributed by atoms with Crippen LogP contribution >= 0.6 is 47.8 Å². The van der Waals surface area contributed by atoms with Gasteiger partial charge >= 0.3 is 0 Å². The maximum atomic E-state index is 5.80. The molecule has 0 amide bonds. The largest absolute Gasteiger partial charge is 0.490 e. The predicted molar refractivity (Wildman–Crippen MR) is 85.2 cm³/mol. The highest BCUT2D eigenvalue weighted by Gasteiger charge is 2.27. The van der Waals surface area contributed by atoms with Crippen molar-refractivity contribution in [3.05, 3.63) is 25.6 Å². The summed E-state index contributed by atoms with van der Waals surface area (Å²) in [7, 11) is 0. The summed E-state index contributed by atoms with van der Waals surface area (Å²) >= 11 is 10.5. The molecule has 1 unspecified atom stereocenters. The maximum Gasteiger partial charge on any atom is 0.147 e. The lowest BCUT2D eigenvalue weighted by molar-refractivity contribution is 0.300. The number of hydrogen-bond acceptors (Lipinski definition) is 2. The first-order valence-corrected chi connectivity index (χ1v) is 8.46. The summed E-state index contributed by atoms with van der Waals surface area (Å²) in [5, 5.41) is 3.50. The summed E-state index contributed by atoms with van der Waals surface area (Å²) in [6.45, 7) is 3.81. The average molecular weight is 442 g/mol. The van der Waals surface area contributed by atoms with Crippen molar-refractivity contribution in [1.82, 2.24) is 5.32 Å². The molecule has 18 heavy (non-hydrogen) atoms. The van der Waals surface area contributed by atoms with Gasteiger partial charge in [0.15, 0.2) is 0 Å². The fourth-order valence-electron chi connectivity index (χ4n) is 1.87. The number of halogens is 3. The van der Waals surface area contributed by atoms with Crippen molar-refractivity contribution >= 4 is 47.8 Å². The lowest BCUT2D eigenvalue weighted by atomic mass is 10.2. The van der Waals surface area contributed by atoms with Crippen LogP contribution < -0.4 is 10.1 Å². The van der Waals surface area contributed by atoms with Crippen molar-refractivity contribution in [2.45, 2.75) is 25.8 Å². The van der Waals surface area contributed by atoms with Crippen molar-refractivity contribution in [3.8, 4) is 5.75 Å². The van der Waals surface area contributed by atoms with Crippen LogP contribution in [-0.4, -0.2) is 19.2 Å². The van der Waals surface area contributed by atoms with Gasteiger partial charge in [-0.15, -0.1) is 0 Å². The summed E-state index contributed by atoms with van der Waals surface area (Å²) in [6, 6.07) is 4.59. The molecule has 1 fully saturated rings. The standard InChI is InChI=1S/C13H16Br3NO/c1-8(9-2-3-9)17-4-5-18-13-11(15)6-10(14)7-12(13)16/h6-9,17H,2-5H2,1H3. The zero-order valence-corrected chi connectivity index (χ0v) is 14.9. The van der Waals surface area contributed by atoms with Gasteiger partial charge in [0.25, 0.3) is 0 Å². The quantitative estimate of drug-likeness (QED) is 0.644. The molecule has 1 saturated carbocycles. The summed E-state index contributed by atoms with van der Waals surface area (Å²) in [5.41, 5.74) is 0. The first kappa shape index (κ1) is 14.8. The van der Waals surface area contributed by atoms with E-state index in [0.29, 0.717) is 12.6 Å². The fourth-order valence-corrected chi connectivity index (χ4v) is 4.36. The smallest absolute Gasteiger partial charge is 0.147 e. The zero-order valence-electron chi connectivity index (χ0n) is 10.2. The van der Waals surface area contributed by atoms with E-state index in [4.69, 9.17) is 4.74 Å². The number of hydrogen-bond donors (Lipinski definition) is 1. The van der Waals surface area contributed by atoms with Crippen molar-refractivity contribution in [3.63, 3.8) is 0 Å². The Labute approximate surface area is 133 Å². The molecule has 1 N–H and O–H groups in total. The Bertz CT molecular complexity index is 398. The highest BCUT2D eigenvalue weighted by Crippen LogP contribution is 2.36. The van der Waals surface area contributed by atoms with Gasteiger partial charge in [0, 0.05) is 17.1 Å². The highest BCUT2D eigenvalue weighted by atomic mass is 79.9. The van der Waals surface area contributed by atoms with Crippen LogP contribution in [0.3, 0.4) is 0 Å². The van der Waals surface area contributed by atoms with Crippen molar-refractivity contribution in [1.29, 1.82) is 0 Å². The van der Waals surface area contributed by atoms with E-state index >= 15 is 0 Å². The molecule has 0 aliphatic heterocycles. The van der Waals surface area contributed by atoms with Crippen LogP contribution in [0.5, 0.6) is 5.75 Å². The summed E-state index contributed by atoms with van der Waals surface area (Å²) in [5.74, 6) is 1.75. The molecular weight excluding hydrogens is 426 g/mol. The Balaban J connectivity index is 1.79. The molecule has 0 radical (unpaired) electrons. The van der Waals surface area contributed by atoms with Crippen molar-refractivity contribution < 1.29 is 4.74 Å². The van der Waals surface area contributed by atoms with Gasteiger partial charge in [-0.2, -0.15) is 0 Å². The van der Waals surface area contributed by atoms with E-state index in [1.165, 1.54) is 12.8 Å². The van der Waals surface area contributed by atoms with Gasteiger partial charge in [0.2, 0.25) is 0 Å². The minimum atomic E-state index is 0.616. The molecule has 1 aliphatic carbocycles. The van der Waals surface area contributed by atoms with E-state index in [2.05, 4.69) is 60.0 Å². The van der Waals surface area contributed by atoms with Crippen molar-refractivity contribution in [2.75, 3.05) is 13.2 Å². The molecule has 1 aromatic rings. The second-order valence-corrected chi connectivity index (χ2v) is 7.25. The van der Waals surface area contributed by atoms with E-state index in [-0.39, 0.29) is 0 Å². The third-order valence-corrected chi connectivity index (χ3v) is 4.74. The van der Waals surface area contributed by atoms with Crippen LogP contribution in [0.4, 0.5) is 0 Å². The van der Waals surface area contributed by atoms with E-state index in [1.807, 2.05) is 12.1 Å². The Morgan fingerprint density at radius 3 is 2.44 bits per heavy atom. The number of nitrogens with one attached hydrogen (secondary N) is 1. The molecule has 1 aliphatic rings. The Hall–Kier alpha value is 0.420. The molecule has 5 heteroatoms. The number of ether oxygens (including phenoxy) is 1. The molecule has 1 atom stereocenters. The lowest BCUT2D eigenvalue weighted by Crippen LogP contribution is -2.31. The highest BCUT2D eigenvalue weighted by molar-refractivity contribution is 9.11. The summed E-state index contributed by atoms with van der Waals surface area (Å²) < 4.78 is 8.73. The lowest BCUT2D eigenvalue weighted by Gasteiger charge is -2.14. The first-order chi connectivity index (χ1) is 8.58. The van der Waals surface area contributed by atoms with Crippen LogP contribution in [0.25, 0.3) is 0 Å². The number of benzene rings is 1. The second-order valence-electron chi connectivity index (χ2n) is 4.63. The Morgan fingerprint density at radius 2 is 1.89 bits per heavy atom. The molecule has 0 aromatic heterocycles. The number of rotatable bonds is 6. The van der Waals surface area contributed by atoms with Crippen LogP contribution in [0, 0.1) is 5.92 Å². The molecule has 100 valence electrons. The molecule has 1 aromatic carbocycles. The first-order valence-electron chi connectivity index (χ1n) is 6.08. The third-order valence-electron chi connectivity index (χ3n) is 3.11. The Kier molecular flexibility index (Phi) is 5.54. The molecular formula is C13H16Br3NO. The normalized spacial score (nSPS) is 16.7. The minimum Gasteiger partial charge on any atom is -0.490 e. The van der Waals surface area contributed by atoms with Crippen LogP contribution in [-0.2, 0) is 0 Å². The third kappa shape index (κ3) is 4.22. The Morgan fingerprint density at radius 1 is 1.28 bits per heavy atom. The van der Waals surface area contributed by atoms with E-state index in [0.717, 1.165) is 31.6 Å². The molecule has 0 saturated heterocycles. The van der Waals surface area contributed by atoms with Crippen LogP contribution in [0.1, 0.15) is 19.8 Å². The molecule has 2 nitrogen and oxygen atoms in total. The van der Waals surface area contributed by atoms with Gasteiger partial charge in [-0.25, -0.2) is 0 Å². The van der Waals surface area contributed by atoms with Gasteiger partial charge in [-0.05, 0) is 69.7 Å². The predicted octanol–water partition coefficient (Wildman–Crippen LogP) is 4.74. The summed E-state index contributed by atoms with van der Waals surface area (Å²) in [6.07, 6.45) is 2.75. The van der Waals surface area contributed by atoms with E-state index in [1.54, 1.807) is 0 Å². The molecule has 0 bridgehead atoms. The summed E-state index contributed by atoms with van der Waals surface area (Å²) in [4.78, 5) is 0. The van der Waals surface area contributed by atoms with Crippen molar-refractivity contribution in [2.24, 2.45) is 5.92 Å². The van der Waals surface area contributed by atoms with Gasteiger partial charge in [-0.3, -0.25) is 0 Å². The fraction of sp³-hybridized carbons (Fsp3) is 0.538. The van der Waals surface area contributed by atoms with Crippen LogP contribution in [0.15, 0.2) is 25.6 Å². The second kappa shape index (κ2) is 6.73. The minimum absolute atomic E-state index is 0.616. The van der Waals surface area contributed by atoms with E-state index < -0.39 is 0 Å². The van der Waals surface area contributed by atoms with Gasteiger partial charge in [0.05, 0.1) is 8.95 Å². The molecule has 0 spiro atoms. The molecule has 0 heterocycles. The average Bonchev–Trinajstić information content (AvgIpc) is 3.10. The zero-order chi connectivity index (χ0) is 13.1. The molecule has 2 rings (SSSR count). The van der Waals surface area contributed by atoms with Gasteiger partial charge in [0.1, 0.15) is 12.4 Å². The van der Waals surface area contributed by atoms with E-state index in [9.17, 15) is 0 Å². The topological polar surface area (TPSA) is 21.3 Å².